The Labute approximate surface area is 58.0 Å². The molecule has 0 aromatic heterocycles. The Balaban J connectivity index is 1.92. The maximum atomic E-state index is 3.25. The van der Waals surface area contributed by atoms with Gasteiger partial charge in [-0.25, -0.2) is 0 Å². The average Bonchev–Trinajstić information content (AvgIpc) is 2.51. The van der Waals surface area contributed by atoms with Gasteiger partial charge in [-0.15, -0.1) is 0 Å². The zero-order valence-electron chi connectivity index (χ0n) is 4.58. The molecule has 1 fully saturated rings. The maximum absolute atomic E-state index is 3.25. The molecule has 0 radical (unpaired) electrons. The lowest BCUT2D eigenvalue weighted by Crippen LogP contribution is -2.15. The summed E-state index contributed by atoms with van der Waals surface area (Å²) in [6.07, 6.45) is 2.67. The van der Waals surface area contributed by atoms with Crippen molar-refractivity contribution in [2.75, 3.05) is 6.54 Å². The fourth-order valence-corrected chi connectivity index (χ4v) is 0.656. The van der Waals surface area contributed by atoms with E-state index in [9.17, 15) is 0 Å². The first kappa shape index (κ1) is 6.12. The molecule has 0 atom stereocenters. The van der Waals surface area contributed by atoms with Crippen molar-refractivity contribution in [2.45, 2.75) is 18.9 Å². The normalized spacial score (nSPS) is 17.1. The van der Waals surface area contributed by atoms with Crippen molar-refractivity contribution >= 4 is 15.9 Å². The van der Waals surface area contributed by atoms with Gasteiger partial charge in [0.05, 0.1) is 6.54 Å². The molecule has 1 N–H and O–H groups in total. The minimum Gasteiger partial charge on any atom is -0.303 e. The summed E-state index contributed by atoms with van der Waals surface area (Å²) in [4.78, 5) is 2.65. The predicted molar refractivity (Wildman–Crippen MR) is 37.7 cm³/mol. The Kier molecular flexibility index (Phi) is 2.38. The predicted octanol–water partition coefficient (Wildman–Crippen LogP) is 1.09. The fraction of sp³-hybridized carbons (Fsp3) is 0.667. The summed E-state index contributed by atoms with van der Waals surface area (Å²) in [5.41, 5.74) is 0. The molecule has 0 aliphatic heterocycles. The van der Waals surface area contributed by atoms with Gasteiger partial charge in [0.2, 0.25) is 0 Å². The Hall–Kier alpha value is 0.00000000000000000694. The SMILES string of the molecule is BrC#CCNC1CC1. The van der Waals surface area contributed by atoms with Crippen molar-refractivity contribution in [3.8, 4) is 10.8 Å². The average molecular weight is 174 g/mol. The summed E-state index contributed by atoms with van der Waals surface area (Å²) in [5.74, 6) is 2.88. The van der Waals surface area contributed by atoms with Gasteiger partial charge in [-0.1, -0.05) is 5.92 Å². The van der Waals surface area contributed by atoms with E-state index in [-0.39, 0.29) is 0 Å². The van der Waals surface area contributed by atoms with E-state index in [1.54, 1.807) is 0 Å². The van der Waals surface area contributed by atoms with Crippen LogP contribution in [0.1, 0.15) is 12.8 Å². The molecule has 0 spiro atoms. The summed E-state index contributed by atoms with van der Waals surface area (Å²) in [5, 5.41) is 3.25. The van der Waals surface area contributed by atoms with Gasteiger partial charge in [0.15, 0.2) is 0 Å². The van der Waals surface area contributed by atoms with E-state index >= 15 is 0 Å². The Morgan fingerprint density at radius 1 is 1.62 bits per heavy atom. The highest BCUT2D eigenvalue weighted by Crippen LogP contribution is 2.17. The van der Waals surface area contributed by atoms with Gasteiger partial charge in [0.25, 0.3) is 0 Å². The quantitative estimate of drug-likeness (QED) is 0.618. The van der Waals surface area contributed by atoms with Crippen LogP contribution in [0.2, 0.25) is 0 Å². The van der Waals surface area contributed by atoms with Crippen molar-refractivity contribution in [1.82, 2.24) is 5.32 Å². The smallest absolute Gasteiger partial charge is 0.0587 e. The monoisotopic (exact) mass is 173 g/mol. The van der Waals surface area contributed by atoms with Gasteiger partial charge in [0, 0.05) is 22.0 Å². The molecule has 2 heteroatoms. The van der Waals surface area contributed by atoms with Crippen LogP contribution in [0.15, 0.2) is 0 Å². The number of hydrogen-bond acceptors (Lipinski definition) is 1. The van der Waals surface area contributed by atoms with Crippen LogP contribution >= 0.6 is 15.9 Å². The summed E-state index contributed by atoms with van der Waals surface area (Å²) in [7, 11) is 0. The van der Waals surface area contributed by atoms with E-state index in [4.69, 9.17) is 0 Å². The molecule has 1 nitrogen and oxygen atoms in total. The van der Waals surface area contributed by atoms with Crippen LogP contribution in [0.5, 0.6) is 0 Å². The van der Waals surface area contributed by atoms with Crippen LogP contribution in [-0.2, 0) is 0 Å². The van der Waals surface area contributed by atoms with E-state index in [2.05, 4.69) is 32.0 Å². The van der Waals surface area contributed by atoms with Crippen LogP contribution < -0.4 is 5.32 Å². The van der Waals surface area contributed by atoms with Gasteiger partial charge in [-0.3, -0.25) is 0 Å². The van der Waals surface area contributed by atoms with E-state index in [1.165, 1.54) is 12.8 Å². The highest BCUT2D eigenvalue weighted by Gasteiger charge is 2.18. The van der Waals surface area contributed by atoms with Crippen molar-refractivity contribution in [1.29, 1.82) is 0 Å². The molecule has 44 valence electrons. The van der Waals surface area contributed by atoms with Gasteiger partial charge >= 0.3 is 0 Å². The van der Waals surface area contributed by atoms with Gasteiger partial charge in [-0.2, -0.15) is 0 Å². The van der Waals surface area contributed by atoms with Gasteiger partial charge in [-0.05, 0) is 17.7 Å². The number of halogens is 1. The summed E-state index contributed by atoms with van der Waals surface area (Å²) < 4.78 is 0. The molecule has 1 rings (SSSR count). The molecule has 8 heavy (non-hydrogen) atoms. The molecular weight excluding hydrogens is 166 g/mol. The Bertz CT molecular complexity index is 118. The van der Waals surface area contributed by atoms with E-state index in [0.29, 0.717) is 0 Å². The minimum absolute atomic E-state index is 0.781. The topological polar surface area (TPSA) is 12.0 Å². The summed E-state index contributed by atoms with van der Waals surface area (Å²) in [6, 6.07) is 0.781. The van der Waals surface area contributed by atoms with Crippen LogP contribution in [0.3, 0.4) is 0 Å². The minimum atomic E-state index is 0.781. The number of rotatable bonds is 2. The fourth-order valence-electron chi connectivity index (χ4n) is 0.516. The van der Waals surface area contributed by atoms with Crippen LogP contribution in [0, 0.1) is 10.8 Å². The van der Waals surface area contributed by atoms with Crippen LogP contribution in [0.4, 0.5) is 0 Å². The Morgan fingerprint density at radius 2 is 2.38 bits per heavy atom. The largest absolute Gasteiger partial charge is 0.303 e. The highest BCUT2D eigenvalue weighted by molar-refractivity contribution is 9.12. The standard InChI is InChI=1S/C6H8BrN/c7-4-1-5-8-6-2-3-6/h6,8H,2-3,5H2. The molecule has 0 bridgehead atoms. The lowest BCUT2D eigenvalue weighted by Gasteiger charge is -1.89. The van der Waals surface area contributed by atoms with Gasteiger partial charge in [0.1, 0.15) is 0 Å². The Morgan fingerprint density at radius 3 is 2.88 bits per heavy atom. The third-order valence-electron chi connectivity index (χ3n) is 1.12. The molecule has 0 aromatic rings. The summed E-state index contributed by atoms with van der Waals surface area (Å²) >= 11 is 3.02. The highest BCUT2D eigenvalue weighted by atomic mass is 79.9. The second-order valence-corrected chi connectivity index (χ2v) is 2.32. The third-order valence-corrected chi connectivity index (χ3v) is 1.40. The second kappa shape index (κ2) is 3.11. The lowest BCUT2D eigenvalue weighted by molar-refractivity contribution is 0.763. The summed E-state index contributed by atoms with van der Waals surface area (Å²) in [6.45, 7) is 0.829. The zero-order valence-corrected chi connectivity index (χ0v) is 6.16. The lowest BCUT2D eigenvalue weighted by atomic mass is 10.6. The molecule has 1 aliphatic rings. The molecular formula is C6H8BrN. The first-order chi connectivity index (χ1) is 3.93. The zero-order chi connectivity index (χ0) is 5.82. The molecule has 1 saturated carbocycles. The molecule has 0 amide bonds. The molecule has 0 unspecified atom stereocenters. The molecule has 0 heterocycles. The van der Waals surface area contributed by atoms with Crippen molar-refractivity contribution in [2.24, 2.45) is 0 Å². The number of nitrogens with one attached hydrogen (secondary N) is 1. The van der Waals surface area contributed by atoms with Crippen molar-refractivity contribution in [3.63, 3.8) is 0 Å². The molecule has 0 aromatic carbocycles. The van der Waals surface area contributed by atoms with Crippen LogP contribution in [-0.4, -0.2) is 12.6 Å². The molecule has 1 aliphatic carbocycles. The van der Waals surface area contributed by atoms with E-state index in [1.807, 2.05) is 0 Å². The first-order valence-electron chi connectivity index (χ1n) is 2.75. The first-order valence-corrected chi connectivity index (χ1v) is 3.54. The second-order valence-electron chi connectivity index (χ2n) is 1.93. The van der Waals surface area contributed by atoms with Crippen LogP contribution in [0.25, 0.3) is 0 Å². The van der Waals surface area contributed by atoms with Crippen molar-refractivity contribution < 1.29 is 0 Å². The maximum Gasteiger partial charge on any atom is 0.0587 e. The number of hydrogen-bond donors (Lipinski definition) is 1. The third kappa shape index (κ3) is 2.34. The van der Waals surface area contributed by atoms with Gasteiger partial charge < -0.3 is 5.32 Å². The molecule has 0 saturated heterocycles. The van der Waals surface area contributed by atoms with E-state index in [0.717, 1.165) is 12.6 Å². The van der Waals surface area contributed by atoms with Crippen molar-refractivity contribution in [3.05, 3.63) is 0 Å². The van der Waals surface area contributed by atoms with E-state index < -0.39 is 0 Å².